The third kappa shape index (κ3) is 4.78. The lowest BCUT2D eigenvalue weighted by molar-refractivity contribution is 0.170. The van der Waals surface area contributed by atoms with Crippen molar-refractivity contribution < 1.29 is 9.84 Å². The van der Waals surface area contributed by atoms with Crippen LogP contribution in [0, 0.1) is 0 Å². The Balaban J connectivity index is 2.88. The van der Waals surface area contributed by atoms with E-state index in [0.29, 0.717) is 24.9 Å². The molecule has 0 spiro atoms. The average Bonchev–Trinajstić information content (AvgIpc) is 2.40. The van der Waals surface area contributed by atoms with E-state index in [9.17, 15) is 0 Å². The van der Waals surface area contributed by atoms with Gasteiger partial charge in [0.1, 0.15) is 0 Å². The number of nitrogens with two attached hydrogens (primary N) is 1. The number of nitrogen functional groups attached to an aromatic ring is 1. The van der Waals surface area contributed by atoms with Crippen molar-refractivity contribution in [2.75, 3.05) is 49.4 Å². The molecule has 4 N–H and O–H groups in total. The molecule has 0 fully saturated rings. The molecule has 0 aliphatic heterocycles. The van der Waals surface area contributed by atoms with Crippen LogP contribution in [0.2, 0.25) is 0 Å². The van der Waals surface area contributed by atoms with Gasteiger partial charge in [0.15, 0.2) is 0 Å². The fourth-order valence-corrected chi connectivity index (χ4v) is 1.83. The van der Waals surface area contributed by atoms with Gasteiger partial charge in [-0.25, -0.2) is 0 Å². The highest BCUT2D eigenvalue weighted by Crippen LogP contribution is 2.13. The van der Waals surface area contributed by atoms with Crippen LogP contribution in [0.25, 0.3) is 0 Å². The maximum Gasteiger partial charge on any atom is 0.231 e. The Kier molecular flexibility index (Phi) is 6.96. The van der Waals surface area contributed by atoms with Crippen LogP contribution >= 0.6 is 0 Å². The van der Waals surface area contributed by atoms with Crippen molar-refractivity contribution >= 4 is 17.8 Å². The number of aliphatic hydroxyl groups is 1. The Hall–Kier alpha value is -1.67. The minimum atomic E-state index is -0.0728. The molecule has 8 nitrogen and oxygen atoms in total. The van der Waals surface area contributed by atoms with Crippen LogP contribution in [0.1, 0.15) is 20.3 Å². The SMILES string of the molecule is CCN(CC)c1nc(N)nc(NC(CCO)COC)n1. The minimum absolute atomic E-state index is 0.0600. The largest absolute Gasteiger partial charge is 0.396 e. The molecule has 0 aliphatic carbocycles. The second kappa shape index (κ2) is 8.49. The number of rotatable bonds is 9. The zero-order chi connectivity index (χ0) is 15.0. The molecule has 1 rings (SSSR count). The zero-order valence-electron chi connectivity index (χ0n) is 12.3. The van der Waals surface area contributed by atoms with Gasteiger partial charge in [-0.3, -0.25) is 0 Å². The molecule has 8 heteroatoms. The summed E-state index contributed by atoms with van der Waals surface area (Å²) in [6, 6.07) is -0.0728. The molecule has 1 atom stereocenters. The van der Waals surface area contributed by atoms with E-state index in [1.807, 2.05) is 18.7 Å². The molecule has 0 radical (unpaired) electrons. The number of hydrogen-bond acceptors (Lipinski definition) is 8. The number of aliphatic hydroxyl groups excluding tert-OH is 1. The molecule has 0 aromatic carbocycles. The Bertz CT molecular complexity index is 394. The van der Waals surface area contributed by atoms with E-state index < -0.39 is 0 Å². The lowest BCUT2D eigenvalue weighted by Gasteiger charge is -2.21. The summed E-state index contributed by atoms with van der Waals surface area (Å²) in [5, 5.41) is 12.1. The van der Waals surface area contributed by atoms with Gasteiger partial charge in [-0.2, -0.15) is 15.0 Å². The van der Waals surface area contributed by atoms with Crippen molar-refractivity contribution in [2.24, 2.45) is 0 Å². The van der Waals surface area contributed by atoms with Crippen molar-refractivity contribution in [1.82, 2.24) is 15.0 Å². The summed E-state index contributed by atoms with van der Waals surface area (Å²) in [5.41, 5.74) is 5.72. The Morgan fingerprint density at radius 3 is 2.55 bits per heavy atom. The maximum absolute atomic E-state index is 9.03. The first-order chi connectivity index (χ1) is 9.64. The molecule has 0 bridgehead atoms. The van der Waals surface area contributed by atoms with Gasteiger partial charge in [-0.15, -0.1) is 0 Å². The second-order valence-electron chi connectivity index (χ2n) is 4.30. The van der Waals surface area contributed by atoms with Gasteiger partial charge >= 0.3 is 0 Å². The lowest BCUT2D eigenvalue weighted by Crippen LogP contribution is -2.29. The summed E-state index contributed by atoms with van der Waals surface area (Å²) in [5.74, 6) is 1.12. The normalized spacial score (nSPS) is 12.2. The van der Waals surface area contributed by atoms with Crippen molar-refractivity contribution in [3.63, 3.8) is 0 Å². The summed E-state index contributed by atoms with van der Waals surface area (Å²) in [7, 11) is 1.61. The summed E-state index contributed by atoms with van der Waals surface area (Å²) in [6.07, 6.45) is 0.542. The minimum Gasteiger partial charge on any atom is -0.396 e. The molecule has 20 heavy (non-hydrogen) atoms. The first-order valence-corrected chi connectivity index (χ1v) is 6.77. The van der Waals surface area contributed by atoms with Gasteiger partial charge < -0.3 is 25.8 Å². The fourth-order valence-electron chi connectivity index (χ4n) is 1.83. The van der Waals surface area contributed by atoms with E-state index in [0.717, 1.165) is 13.1 Å². The number of aromatic nitrogens is 3. The molecule has 0 amide bonds. The van der Waals surface area contributed by atoms with Gasteiger partial charge in [-0.1, -0.05) is 0 Å². The zero-order valence-corrected chi connectivity index (χ0v) is 12.3. The number of hydrogen-bond donors (Lipinski definition) is 3. The van der Waals surface area contributed by atoms with Crippen molar-refractivity contribution in [3.05, 3.63) is 0 Å². The quantitative estimate of drug-likeness (QED) is 0.586. The van der Waals surface area contributed by atoms with Gasteiger partial charge in [-0.05, 0) is 20.3 Å². The van der Waals surface area contributed by atoms with Gasteiger partial charge in [0.05, 0.1) is 12.6 Å². The molecule has 0 aliphatic rings. The van der Waals surface area contributed by atoms with E-state index in [1.54, 1.807) is 7.11 Å². The van der Waals surface area contributed by atoms with E-state index in [1.165, 1.54) is 0 Å². The number of methoxy groups -OCH3 is 1. The first-order valence-electron chi connectivity index (χ1n) is 6.77. The van der Waals surface area contributed by atoms with E-state index in [2.05, 4.69) is 20.3 Å². The lowest BCUT2D eigenvalue weighted by atomic mass is 10.2. The van der Waals surface area contributed by atoms with Crippen LogP contribution in [0.4, 0.5) is 17.8 Å². The van der Waals surface area contributed by atoms with Crippen LogP contribution in [0.3, 0.4) is 0 Å². The molecule has 0 saturated heterocycles. The standard InChI is InChI=1S/C12H24N6O2/c1-4-18(5-2)12-16-10(13)15-11(17-12)14-9(6-7-19)8-20-3/h9,19H,4-8H2,1-3H3,(H3,13,14,15,16,17). The van der Waals surface area contributed by atoms with Crippen LogP contribution < -0.4 is 16.0 Å². The Labute approximate surface area is 119 Å². The molecule has 1 unspecified atom stereocenters. The van der Waals surface area contributed by atoms with Crippen molar-refractivity contribution in [3.8, 4) is 0 Å². The maximum atomic E-state index is 9.03. The topological polar surface area (TPSA) is 109 Å². The number of ether oxygens (including phenoxy) is 1. The summed E-state index contributed by atoms with van der Waals surface area (Å²) in [4.78, 5) is 14.5. The van der Waals surface area contributed by atoms with Crippen molar-refractivity contribution in [1.29, 1.82) is 0 Å². The second-order valence-corrected chi connectivity index (χ2v) is 4.30. The molecule has 1 aromatic rings. The Morgan fingerprint density at radius 2 is 2.00 bits per heavy atom. The van der Waals surface area contributed by atoms with Gasteiger partial charge in [0, 0.05) is 26.8 Å². The van der Waals surface area contributed by atoms with Crippen molar-refractivity contribution in [2.45, 2.75) is 26.3 Å². The molecule has 1 heterocycles. The summed E-state index contributed by atoms with van der Waals surface area (Å²) >= 11 is 0. The van der Waals surface area contributed by atoms with Crippen LogP contribution in [0.15, 0.2) is 0 Å². The molecule has 1 aromatic heterocycles. The highest BCUT2D eigenvalue weighted by Gasteiger charge is 2.13. The average molecular weight is 284 g/mol. The monoisotopic (exact) mass is 284 g/mol. The number of anilines is 3. The van der Waals surface area contributed by atoms with Crippen LogP contribution in [-0.2, 0) is 4.74 Å². The van der Waals surface area contributed by atoms with Crippen LogP contribution in [-0.4, -0.2) is 59.5 Å². The molecule has 0 saturated carbocycles. The number of nitrogens with zero attached hydrogens (tertiary/aromatic N) is 4. The smallest absolute Gasteiger partial charge is 0.231 e. The third-order valence-corrected chi connectivity index (χ3v) is 2.87. The highest BCUT2D eigenvalue weighted by atomic mass is 16.5. The Morgan fingerprint density at radius 1 is 1.30 bits per heavy atom. The van der Waals surface area contributed by atoms with E-state index in [-0.39, 0.29) is 18.6 Å². The van der Waals surface area contributed by atoms with Crippen LogP contribution in [0.5, 0.6) is 0 Å². The predicted octanol–water partition coefficient (Wildman–Crippen LogP) is 0.109. The number of nitrogens with one attached hydrogen (secondary N) is 1. The summed E-state index contributed by atoms with van der Waals surface area (Å²) < 4.78 is 5.09. The summed E-state index contributed by atoms with van der Waals surface area (Å²) in [6.45, 7) is 6.14. The van der Waals surface area contributed by atoms with E-state index >= 15 is 0 Å². The predicted molar refractivity (Wildman–Crippen MR) is 78.8 cm³/mol. The highest BCUT2D eigenvalue weighted by molar-refractivity contribution is 5.42. The van der Waals surface area contributed by atoms with Gasteiger partial charge in [0.2, 0.25) is 17.8 Å². The van der Waals surface area contributed by atoms with E-state index in [4.69, 9.17) is 15.6 Å². The van der Waals surface area contributed by atoms with Gasteiger partial charge in [0.25, 0.3) is 0 Å². The molecule has 114 valence electrons. The third-order valence-electron chi connectivity index (χ3n) is 2.87. The molecular formula is C12H24N6O2. The molecular weight excluding hydrogens is 260 g/mol. The first kappa shape index (κ1) is 16.4. The fraction of sp³-hybridized carbons (Fsp3) is 0.750.